The van der Waals surface area contributed by atoms with Crippen LogP contribution in [0.1, 0.15) is 56.9 Å². The van der Waals surface area contributed by atoms with Crippen molar-refractivity contribution in [2.24, 2.45) is 5.92 Å². The molecular weight excluding hydrogens is 306 g/mol. The van der Waals surface area contributed by atoms with Crippen LogP contribution in [0, 0.1) is 5.92 Å². The van der Waals surface area contributed by atoms with E-state index in [2.05, 4.69) is 47.8 Å². The number of hydrogen-bond donors (Lipinski definition) is 1. The number of fused-ring (bicyclic) bond motifs is 1. The minimum atomic E-state index is 0.735. The van der Waals surface area contributed by atoms with Crippen LogP contribution < -0.4 is 5.32 Å². The van der Waals surface area contributed by atoms with Crippen LogP contribution in [-0.2, 0) is 11.3 Å². The molecule has 1 atom stereocenters. The standard InChI is InChI=1S/C23H33NO/c1(3-9-20-10-6-7-15-24-18-20)2-8-16-25-19-21-13-14-22-11-4-5-12-23(22)17-21/h4-5,11-14,17,20,24H,1-3,6-10,15-16,18-19H2. The van der Waals surface area contributed by atoms with E-state index in [1.54, 1.807) is 0 Å². The predicted octanol–water partition coefficient (Wildman–Crippen LogP) is 5.70. The van der Waals surface area contributed by atoms with E-state index < -0.39 is 0 Å². The first-order valence-corrected chi connectivity index (χ1v) is 10.2. The van der Waals surface area contributed by atoms with Gasteiger partial charge >= 0.3 is 0 Å². The lowest BCUT2D eigenvalue weighted by molar-refractivity contribution is 0.116. The molecule has 1 unspecified atom stereocenters. The van der Waals surface area contributed by atoms with Gasteiger partial charge in [-0.3, -0.25) is 0 Å². The van der Waals surface area contributed by atoms with E-state index in [1.807, 2.05) is 0 Å². The number of nitrogens with one attached hydrogen (secondary N) is 1. The summed E-state index contributed by atoms with van der Waals surface area (Å²) in [5.74, 6) is 0.923. The van der Waals surface area contributed by atoms with Crippen LogP contribution in [0.15, 0.2) is 42.5 Å². The van der Waals surface area contributed by atoms with E-state index in [0.717, 1.165) is 19.1 Å². The highest BCUT2D eigenvalue weighted by molar-refractivity contribution is 5.82. The van der Waals surface area contributed by atoms with E-state index in [-0.39, 0.29) is 0 Å². The predicted molar refractivity (Wildman–Crippen MR) is 107 cm³/mol. The third kappa shape index (κ3) is 6.45. The van der Waals surface area contributed by atoms with E-state index in [1.165, 1.54) is 80.8 Å². The second-order valence-electron chi connectivity index (χ2n) is 7.50. The van der Waals surface area contributed by atoms with E-state index in [0.29, 0.717) is 0 Å². The molecule has 0 bridgehead atoms. The summed E-state index contributed by atoms with van der Waals surface area (Å²) in [5.41, 5.74) is 1.28. The van der Waals surface area contributed by atoms with E-state index in [9.17, 15) is 0 Å². The van der Waals surface area contributed by atoms with Crippen molar-refractivity contribution in [1.82, 2.24) is 5.32 Å². The zero-order chi connectivity index (χ0) is 17.2. The zero-order valence-corrected chi connectivity index (χ0v) is 15.5. The molecule has 0 amide bonds. The fraction of sp³-hybridized carbons (Fsp3) is 0.565. The number of ether oxygens (including phenoxy) is 1. The molecule has 1 saturated heterocycles. The topological polar surface area (TPSA) is 21.3 Å². The maximum atomic E-state index is 5.87. The molecule has 1 fully saturated rings. The fourth-order valence-electron chi connectivity index (χ4n) is 3.85. The summed E-state index contributed by atoms with van der Waals surface area (Å²) in [7, 11) is 0. The first kappa shape index (κ1) is 18.4. The summed E-state index contributed by atoms with van der Waals surface area (Å²) in [5, 5.41) is 6.18. The van der Waals surface area contributed by atoms with Gasteiger partial charge < -0.3 is 10.1 Å². The summed E-state index contributed by atoms with van der Waals surface area (Å²) in [6.07, 6.45) is 10.9. The lowest BCUT2D eigenvalue weighted by atomic mass is 9.96. The normalized spacial score (nSPS) is 18.3. The summed E-state index contributed by atoms with van der Waals surface area (Å²) in [4.78, 5) is 0. The summed E-state index contributed by atoms with van der Waals surface area (Å²) >= 11 is 0. The number of unbranched alkanes of at least 4 members (excludes halogenated alkanes) is 3. The van der Waals surface area contributed by atoms with E-state index >= 15 is 0 Å². The molecule has 1 aliphatic rings. The van der Waals surface area contributed by atoms with Gasteiger partial charge in [0.2, 0.25) is 0 Å². The SMILES string of the molecule is c1ccc2cc(COCCCCCCC3CCCCNC3)ccc2c1. The van der Waals surface area contributed by atoms with Gasteiger partial charge in [-0.25, -0.2) is 0 Å². The van der Waals surface area contributed by atoms with Gasteiger partial charge in [0.05, 0.1) is 6.61 Å². The molecule has 0 aromatic heterocycles. The molecule has 0 aliphatic carbocycles. The van der Waals surface area contributed by atoms with Gasteiger partial charge in [0.25, 0.3) is 0 Å². The fourth-order valence-corrected chi connectivity index (χ4v) is 3.85. The smallest absolute Gasteiger partial charge is 0.0717 e. The molecule has 0 spiro atoms. The molecular formula is C23H33NO. The van der Waals surface area contributed by atoms with Crippen molar-refractivity contribution >= 4 is 10.8 Å². The van der Waals surface area contributed by atoms with E-state index in [4.69, 9.17) is 4.74 Å². The second kappa shape index (κ2) is 10.6. The molecule has 2 heteroatoms. The monoisotopic (exact) mass is 339 g/mol. The third-order valence-corrected chi connectivity index (χ3v) is 5.38. The summed E-state index contributed by atoms with van der Waals surface area (Å²) in [6.45, 7) is 4.09. The highest BCUT2D eigenvalue weighted by Gasteiger charge is 2.10. The summed E-state index contributed by atoms with van der Waals surface area (Å²) in [6, 6.07) is 15.1. The van der Waals surface area contributed by atoms with Crippen molar-refractivity contribution < 1.29 is 4.74 Å². The minimum absolute atomic E-state index is 0.735. The van der Waals surface area contributed by atoms with Crippen molar-refractivity contribution in [3.63, 3.8) is 0 Å². The number of rotatable bonds is 9. The molecule has 2 aromatic carbocycles. The molecule has 2 nitrogen and oxygen atoms in total. The Morgan fingerprint density at radius 3 is 2.76 bits per heavy atom. The van der Waals surface area contributed by atoms with Crippen LogP contribution in [-0.4, -0.2) is 19.7 Å². The highest BCUT2D eigenvalue weighted by atomic mass is 16.5. The molecule has 1 aliphatic heterocycles. The Kier molecular flexibility index (Phi) is 7.79. The van der Waals surface area contributed by atoms with Gasteiger partial charge in [-0.05, 0) is 67.1 Å². The average Bonchev–Trinajstić information content (AvgIpc) is 2.92. The Hall–Kier alpha value is -1.38. The third-order valence-electron chi connectivity index (χ3n) is 5.38. The Balaban J connectivity index is 1.23. The van der Waals surface area contributed by atoms with Crippen LogP contribution in [0.2, 0.25) is 0 Å². The Bertz CT molecular complexity index is 616. The maximum Gasteiger partial charge on any atom is 0.0717 e. The number of hydrogen-bond acceptors (Lipinski definition) is 2. The van der Waals surface area contributed by atoms with Crippen LogP contribution in [0.25, 0.3) is 10.8 Å². The highest BCUT2D eigenvalue weighted by Crippen LogP contribution is 2.19. The molecule has 0 saturated carbocycles. The Morgan fingerprint density at radius 2 is 1.80 bits per heavy atom. The quantitative estimate of drug-likeness (QED) is 0.592. The lowest BCUT2D eigenvalue weighted by Crippen LogP contribution is -2.20. The Labute approximate surface area is 153 Å². The van der Waals surface area contributed by atoms with Gasteiger partial charge in [0.15, 0.2) is 0 Å². The van der Waals surface area contributed by atoms with Crippen LogP contribution in [0.4, 0.5) is 0 Å². The van der Waals surface area contributed by atoms with Gasteiger partial charge in [-0.1, -0.05) is 62.1 Å². The molecule has 1 heterocycles. The first-order valence-electron chi connectivity index (χ1n) is 10.2. The zero-order valence-electron chi connectivity index (χ0n) is 15.5. The van der Waals surface area contributed by atoms with Gasteiger partial charge in [-0.2, -0.15) is 0 Å². The first-order chi connectivity index (χ1) is 12.4. The van der Waals surface area contributed by atoms with Crippen LogP contribution in [0.5, 0.6) is 0 Å². The van der Waals surface area contributed by atoms with Gasteiger partial charge in [0, 0.05) is 6.61 Å². The van der Waals surface area contributed by atoms with Crippen molar-refractivity contribution in [2.75, 3.05) is 19.7 Å². The van der Waals surface area contributed by atoms with Crippen molar-refractivity contribution in [3.05, 3.63) is 48.0 Å². The molecule has 1 N–H and O–H groups in total. The number of benzene rings is 2. The van der Waals surface area contributed by atoms with Crippen molar-refractivity contribution in [2.45, 2.75) is 58.0 Å². The van der Waals surface area contributed by atoms with Gasteiger partial charge in [0.1, 0.15) is 0 Å². The molecule has 0 radical (unpaired) electrons. The largest absolute Gasteiger partial charge is 0.377 e. The lowest BCUT2D eigenvalue weighted by Gasteiger charge is -2.13. The van der Waals surface area contributed by atoms with Crippen molar-refractivity contribution in [1.29, 1.82) is 0 Å². The summed E-state index contributed by atoms with van der Waals surface area (Å²) < 4.78 is 5.87. The van der Waals surface area contributed by atoms with Crippen LogP contribution in [0.3, 0.4) is 0 Å². The molecule has 2 aromatic rings. The maximum absolute atomic E-state index is 5.87. The molecule has 3 rings (SSSR count). The Morgan fingerprint density at radius 1 is 0.920 bits per heavy atom. The minimum Gasteiger partial charge on any atom is -0.377 e. The van der Waals surface area contributed by atoms with Gasteiger partial charge in [-0.15, -0.1) is 0 Å². The average molecular weight is 340 g/mol. The molecule has 25 heavy (non-hydrogen) atoms. The van der Waals surface area contributed by atoms with Crippen LogP contribution >= 0.6 is 0 Å². The second-order valence-corrected chi connectivity index (χ2v) is 7.50. The molecule has 136 valence electrons. The van der Waals surface area contributed by atoms with Crippen molar-refractivity contribution in [3.8, 4) is 0 Å².